The van der Waals surface area contributed by atoms with E-state index >= 15 is 0 Å². The molecule has 0 unspecified atom stereocenters. The topological polar surface area (TPSA) is 12.0 Å². The first-order chi connectivity index (χ1) is 9.72. The maximum absolute atomic E-state index is 13.1. The first-order valence-corrected chi connectivity index (χ1v) is 7.35. The lowest BCUT2D eigenvalue weighted by molar-refractivity contribution is 0.625. The van der Waals surface area contributed by atoms with Crippen LogP contribution in [0, 0.1) is 5.82 Å². The summed E-state index contributed by atoms with van der Waals surface area (Å²) in [6.07, 6.45) is 3.70. The van der Waals surface area contributed by atoms with Crippen LogP contribution in [0.2, 0.25) is 5.02 Å². The average Bonchev–Trinajstić information content (AvgIpc) is 2.90. The molecule has 20 heavy (non-hydrogen) atoms. The van der Waals surface area contributed by atoms with Gasteiger partial charge in [0.15, 0.2) is 0 Å². The van der Waals surface area contributed by atoms with E-state index in [1.807, 2.05) is 0 Å². The molecule has 2 aromatic rings. The molecule has 3 rings (SSSR count). The third kappa shape index (κ3) is 3.02. The van der Waals surface area contributed by atoms with E-state index < -0.39 is 0 Å². The second-order valence-electron chi connectivity index (χ2n) is 5.31. The van der Waals surface area contributed by atoms with Crippen molar-refractivity contribution < 1.29 is 4.39 Å². The van der Waals surface area contributed by atoms with Crippen LogP contribution in [0.25, 0.3) is 0 Å². The van der Waals surface area contributed by atoms with Gasteiger partial charge in [0.2, 0.25) is 0 Å². The number of benzene rings is 2. The number of fused-ring (bicyclic) bond motifs is 1. The molecule has 1 N–H and O–H groups in total. The Bertz CT molecular complexity index is 624. The van der Waals surface area contributed by atoms with Gasteiger partial charge in [0.25, 0.3) is 0 Å². The third-order valence-electron chi connectivity index (χ3n) is 3.81. The molecule has 0 aliphatic heterocycles. The minimum Gasteiger partial charge on any atom is -0.309 e. The lowest BCUT2D eigenvalue weighted by atomic mass is 10.1. The molecule has 0 spiro atoms. The van der Waals surface area contributed by atoms with Crippen LogP contribution in [0.5, 0.6) is 0 Å². The number of aryl methyl sites for hydroxylation is 2. The predicted molar refractivity (Wildman–Crippen MR) is 80.4 cm³/mol. The summed E-state index contributed by atoms with van der Waals surface area (Å²) in [6.45, 7) is 1.51. The van der Waals surface area contributed by atoms with Crippen molar-refractivity contribution in [3.05, 3.63) is 69.5 Å². The molecule has 1 aliphatic rings. The van der Waals surface area contributed by atoms with Gasteiger partial charge in [0.1, 0.15) is 5.82 Å². The van der Waals surface area contributed by atoms with Gasteiger partial charge in [0.05, 0.1) is 5.02 Å². The molecule has 2 aromatic carbocycles. The first kappa shape index (κ1) is 13.6. The maximum Gasteiger partial charge on any atom is 0.141 e. The van der Waals surface area contributed by atoms with Gasteiger partial charge in [-0.15, -0.1) is 0 Å². The third-order valence-corrected chi connectivity index (χ3v) is 4.09. The Labute approximate surface area is 123 Å². The monoisotopic (exact) mass is 289 g/mol. The summed E-state index contributed by atoms with van der Waals surface area (Å²) in [5, 5.41) is 3.56. The molecule has 0 amide bonds. The molecule has 0 atom stereocenters. The van der Waals surface area contributed by atoms with Gasteiger partial charge in [-0.1, -0.05) is 35.9 Å². The lowest BCUT2D eigenvalue weighted by Crippen LogP contribution is -2.13. The highest BCUT2D eigenvalue weighted by Gasteiger charge is 2.10. The minimum atomic E-state index is -0.367. The van der Waals surface area contributed by atoms with E-state index in [4.69, 9.17) is 11.6 Å². The molecule has 1 aliphatic carbocycles. The van der Waals surface area contributed by atoms with Crippen LogP contribution in [-0.2, 0) is 25.9 Å². The van der Waals surface area contributed by atoms with Crippen LogP contribution in [0.15, 0.2) is 36.4 Å². The van der Waals surface area contributed by atoms with Gasteiger partial charge in [-0.2, -0.15) is 0 Å². The van der Waals surface area contributed by atoms with Crippen molar-refractivity contribution in [1.29, 1.82) is 0 Å². The zero-order valence-corrected chi connectivity index (χ0v) is 12.0. The van der Waals surface area contributed by atoms with Gasteiger partial charge < -0.3 is 5.32 Å². The standard InChI is InChI=1S/C17H17ClFN/c18-16-9-13(5-7-17(16)19)11-20-10-12-4-6-14-2-1-3-15(14)8-12/h4-9,20H,1-3,10-11H2. The smallest absolute Gasteiger partial charge is 0.141 e. The number of hydrogen-bond donors (Lipinski definition) is 1. The fourth-order valence-electron chi connectivity index (χ4n) is 2.74. The van der Waals surface area contributed by atoms with Crippen LogP contribution >= 0.6 is 11.6 Å². The normalized spacial score (nSPS) is 13.5. The summed E-state index contributed by atoms with van der Waals surface area (Å²) in [5.41, 5.74) is 5.30. The Morgan fingerprint density at radius 3 is 2.45 bits per heavy atom. The molecule has 0 saturated heterocycles. The summed E-state index contributed by atoms with van der Waals surface area (Å²) in [4.78, 5) is 0. The Kier molecular flexibility index (Phi) is 4.04. The number of rotatable bonds is 4. The molecule has 0 bridgehead atoms. The molecule has 0 aromatic heterocycles. The molecule has 0 saturated carbocycles. The van der Waals surface area contributed by atoms with Gasteiger partial charge in [-0.3, -0.25) is 0 Å². The number of hydrogen-bond acceptors (Lipinski definition) is 1. The predicted octanol–water partition coefficient (Wildman–Crippen LogP) is 4.26. The molecule has 1 nitrogen and oxygen atoms in total. The fourth-order valence-corrected chi connectivity index (χ4v) is 2.94. The lowest BCUT2D eigenvalue weighted by Gasteiger charge is -2.08. The van der Waals surface area contributed by atoms with Crippen molar-refractivity contribution >= 4 is 11.6 Å². The maximum atomic E-state index is 13.1. The van der Waals surface area contributed by atoms with Crippen molar-refractivity contribution in [2.24, 2.45) is 0 Å². The molecule has 0 fully saturated rings. The Hall–Kier alpha value is -1.38. The Balaban J connectivity index is 1.58. The first-order valence-electron chi connectivity index (χ1n) is 6.98. The average molecular weight is 290 g/mol. The van der Waals surface area contributed by atoms with E-state index in [2.05, 4.69) is 23.5 Å². The van der Waals surface area contributed by atoms with E-state index in [0.29, 0.717) is 6.54 Å². The molecule has 104 valence electrons. The minimum absolute atomic E-state index is 0.182. The summed E-state index contributed by atoms with van der Waals surface area (Å²) in [7, 11) is 0. The van der Waals surface area contributed by atoms with Crippen molar-refractivity contribution in [3.8, 4) is 0 Å². The van der Waals surface area contributed by atoms with E-state index in [1.165, 1.54) is 42.0 Å². The molecule has 3 heteroatoms. The van der Waals surface area contributed by atoms with Crippen molar-refractivity contribution in [2.45, 2.75) is 32.4 Å². The summed E-state index contributed by atoms with van der Waals surface area (Å²) in [5.74, 6) is -0.367. The highest BCUT2D eigenvalue weighted by atomic mass is 35.5. The Morgan fingerprint density at radius 2 is 1.65 bits per heavy atom. The zero-order chi connectivity index (χ0) is 13.9. The number of nitrogens with one attached hydrogen (secondary N) is 1. The fraction of sp³-hybridized carbons (Fsp3) is 0.294. The van der Waals surface area contributed by atoms with Gasteiger partial charge in [-0.25, -0.2) is 4.39 Å². The quantitative estimate of drug-likeness (QED) is 0.887. The summed E-state index contributed by atoms with van der Waals surface area (Å²) >= 11 is 5.77. The van der Waals surface area contributed by atoms with E-state index in [0.717, 1.165) is 12.1 Å². The zero-order valence-electron chi connectivity index (χ0n) is 11.3. The van der Waals surface area contributed by atoms with E-state index in [-0.39, 0.29) is 10.8 Å². The van der Waals surface area contributed by atoms with E-state index in [9.17, 15) is 4.39 Å². The largest absolute Gasteiger partial charge is 0.309 e. The van der Waals surface area contributed by atoms with Crippen molar-refractivity contribution in [2.75, 3.05) is 0 Å². The Morgan fingerprint density at radius 1 is 0.950 bits per heavy atom. The summed E-state index contributed by atoms with van der Waals surface area (Å²) < 4.78 is 13.1. The van der Waals surface area contributed by atoms with Crippen LogP contribution in [0.4, 0.5) is 4.39 Å². The van der Waals surface area contributed by atoms with Crippen LogP contribution in [0.1, 0.15) is 28.7 Å². The van der Waals surface area contributed by atoms with E-state index in [1.54, 1.807) is 12.1 Å². The summed E-state index contributed by atoms with van der Waals surface area (Å²) in [6, 6.07) is 11.6. The molecular weight excluding hydrogens is 273 g/mol. The highest BCUT2D eigenvalue weighted by Crippen LogP contribution is 2.22. The molecule has 0 heterocycles. The molecule has 0 radical (unpaired) electrons. The van der Waals surface area contributed by atoms with Gasteiger partial charge in [-0.05, 0) is 53.6 Å². The molecular formula is C17H17ClFN. The van der Waals surface area contributed by atoms with Crippen LogP contribution < -0.4 is 5.32 Å². The van der Waals surface area contributed by atoms with Gasteiger partial charge in [0, 0.05) is 13.1 Å². The van der Waals surface area contributed by atoms with Crippen molar-refractivity contribution in [3.63, 3.8) is 0 Å². The van der Waals surface area contributed by atoms with Gasteiger partial charge >= 0.3 is 0 Å². The number of halogens is 2. The van der Waals surface area contributed by atoms with Crippen LogP contribution in [-0.4, -0.2) is 0 Å². The van der Waals surface area contributed by atoms with Crippen molar-refractivity contribution in [1.82, 2.24) is 5.32 Å². The highest BCUT2D eigenvalue weighted by molar-refractivity contribution is 6.30. The second kappa shape index (κ2) is 5.94. The SMILES string of the molecule is Fc1ccc(CNCc2ccc3c(c2)CCC3)cc1Cl. The second-order valence-corrected chi connectivity index (χ2v) is 5.72. The van der Waals surface area contributed by atoms with Crippen LogP contribution in [0.3, 0.4) is 0 Å².